The Labute approximate surface area is 148 Å². The van der Waals surface area contributed by atoms with Gasteiger partial charge in [-0.3, -0.25) is 0 Å². The zero-order valence-corrected chi connectivity index (χ0v) is 16.1. The van der Waals surface area contributed by atoms with Crippen molar-refractivity contribution in [3.63, 3.8) is 0 Å². The van der Waals surface area contributed by atoms with Gasteiger partial charge in [-0.25, -0.2) is 9.13 Å². The molecule has 1 rings (SSSR count). The van der Waals surface area contributed by atoms with Crippen molar-refractivity contribution < 1.29 is 37.8 Å². The minimum atomic E-state index is -5.05. The first-order valence-electron chi connectivity index (χ1n) is 7.59. The van der Waals surface area contributed by atoms with E-state index in [1.54, 1.807) is 0 Å². The van der Waals surface area contributed by atoms with E-state index >= 15 is 0 Å². The van der Waals surface area contributed by atoms with Crippen LogP contribution in [0, 0.1) is 0 Å². The zero-order valence-electron chi connectivity index (χ0n) is 14.3. The molecule has 0 aliphatic carbocycles. The first-order chi connectivity index (χ1) is 11.5. The van der Waals surface area contributed by atoms with Gasteiger partial charge >= 0.3 is 15.6 Å². The predicted octanol–water partition coefficient (Wildman–Crippen LogP) is 3.53. The average Bonchev–Trinajstić information content (AvgIpc) is 2.48. The van der Waals surface area contributed by atoms with Crippen LogP contribution in [0.4, 0.5) is 0 Å². The monoisotopic (exact) mass is 396 g/mol. The second-order valence-electron chi connectivity index (χ2n) is 5.19. The number of hydrogen-bond donors (Lipinski definition) is 4. The van der Waals surface area contributed by atoms with Crippen LogP contribution in [0.1, 0.15) is 38.7 Å². The van der Waals surface area contributed by atoms with Gasteiger partial charge in [0.2, 0.25) is 0 Å². The average molecular weight is 396 g/mol. The molecule has 0 aliphatic heterocycles. The normalized spacial score (nSPS) is 12.5. The summed E-state index contributed by atoms with van der Waals surface area (Å²) in [5.41, 5.74) is 2.73. The van der Waals surface area contributed by atoms with Crippen molar-refractivity contribution in [2.75, 3.05) is 6.61 Å². The summed E-state index contributed by atoms with van der Waals surface area (Å²) in [7, 11) is -10.1. The van der Waals surface area contributed by atoms with Crippen LogP contribution in [0.5, 0.6) is 0 Å². The van der Waals surface area contributed by atoms with Crippen molar-refractivity contribution in [2.24, 2.45) is 0 Å². The molecule has 0 heterocycles. The molecule has 0 saturated heterocycles. The van der Waals surface area contributed by atoms with Gasteiger partial charge in [0.1, 0.15) is 0 Å². The molecule has 0 amide bonds. The van der Waals surface area contributed by atoms with Gasteiger partial charge < -0.3 is 24.3 Å². The van der Waals surface area contributed by atoms with Crippen molar-refractivity contribution in [3.8, 4) is 0 Å². The summed E-state index contributed by atoms with van der Waals surface area (Å²) >= 11 is 0. The third-order valence-corrected chi connectivity index (χ3v) is 4.63. The van der Waals surface area contributed by atoms with Gasteiger partial charge in [-0.2, -0.15) is 4.31 Å². The number of hydrogen-bond acceptors (Lipinski definition) is 4. The molecule has 0 radical (unpaired) electrons. The Morgan fingerprint density at radius 2 is 1.60 bits per heavy atom. The molecule has 0 atom stereocenters. The van der Waals surface area contributed by atoms with E-state index in [-0.39, 0.29) is 0 Å². The summed E-state index contributed by atoms with van der Waals surface area (Å²) in [6, 6.07) is 10.3. The van der Waals surface area contributed by atoms with Gasteiger partial charge in [0.05, 0.1) is 6.61 Å². The molecule has 0 aromatic heterocycles. The Morgan fingerprint density at radius 3 is 2.04 bits per heavy atom. The molecule has 144 valence electrons. The molecule has 1 aromatic rings. The van der Waals surface area contributed by atoms with Crippen LogP contribution in [0.3, 0.4) is 0 Å². The molecule has 0 spiro atoms. The van der Waals surface area contributed by atoms with E-state index in [1.165, 1.54) is 24.0 Å². The summed E-state index contributed by atoms with van der Waals surface area (Å²) in [5, 5.41) is 0. The van der Waals surface area contributed by atoms with E-state index in [0.717, 1.165) is 19.6 Å². The van der Waals surface area contributed by atoms with Crippen LogP contribution in [0.25, 0.3) is 0 Å². The molecule has 0 fully saturated rings. The largest absolute Gasteiger partial charge is 0.478 e. The summed E-state index contributed by atoms with van der Waals surface area (Å²) < 4.78 is 27.8. The quantitative estimate of drug-likeness (QED) is 0.283. The summed E-state index contributed by atoms with van der Waals surface area (Å²) in [6.45, 7) is 5.89. The molecule has 0 aliphatic rings. The van der Waals surface area contributed by atoms with Crippen LogP contribution in [-0.2, 0) is 24.8 Å². The lowest BCUT2D eigenvalue weighted by molar-refractivity contribution is 0.117. The van der Waals surface area contributed by atoms with Crippen molar-refractivity contribution in [1.82, 2.24) is 0 Å². The highest BCUT2D eigenvalue weighted by Crippen LogP contribution is 2.53. The van der Waals surface area contributed by atoms with Gasteiger partial charge in [-0.05, 0) is 38.7 Å². The third kappa shape index (κ3) is 17.8. The summed E-state index contributed by atoms with van der Waals surface area (Å²) in [4.78, 5) is 31.0. The minimum Gasteiger partial charge on any atom is -0.377 e. The van der Waals surface area contributed by atoms with Crippen LogP contribution in [-0.4, -0.2) is 26.2 Å². The Kier molecular flexibility index (Phi) is 12.1. The molecule has 0 unspecified atom stereocenters. The molecule has 10 heteroatoms. The highest BCUT2D eigenvalue weighted by atomic mass is 31.3. The highest BCUT2D eigenvalue weighted by Gasteiger charge is 2.27. The smallest absolute Gasteiger partial charge is 0.377 e. The van der Waals surface area contributed by atoms with Crippen LogP contribution in [0.15, 0.2) is 42.0 Å². The number of phosphoric acid groups is 2. The first-order valence-corrected chi connectivity index (χ1v) is 10.7. The number of rotatable bonds is 9. The standard InChI is InChI=1S/C15H22O.H4O7P2/c1-3-14(2)9-7-8-12-16-13-15-10-5-4-6-11-15;1-8(2,3)7-9(4,5)6/h3-6,10-11H,7-9,12-13H2,1-2H3;(H2,1,2,3)(H2,4,5,6)/b14-3+;. The van der Waals surface area contributed by atoms with E-state index in [0.29, 0.717) is 0 Å². The second-order valence-corrected chi connectivity index (χ2v) is 7.81. The van der Waals surface area contributed by atoms with Crippen LogP contribution < -0.4 is 0 Å². The topological polar surface area (TPSA) is 134 Å². The highest BCUT2D eigenvalue weighted by molar-refractivity contribution is 7.60. The fourth-order valence-electron chi connectivity index (χ4n) is 1.66. The number of allylic oxidation sites excluding steroid dienone is 2. The van der Waals surface area contributed by atoms with Gasteiger partial charge in [0.15, 0.2) is 0 Å². The lowest BCUT2D eigenvalue weighted by atomic mass is 10.1. The van der Waals surface area contributed by atoms with Crippen molar-refractivity contribution in [2.45, 2.75) is 39.7 Å². The Bertz CT molecular complexity index is 571. The number of ether oxygens (including phenoxy) is 1. The fourth-order valence-corrected chi connectivity index (χ4v) is 2.76. The minimum absolute atomic E-state index is 0.740. The van der Waals surface area contributed by atoms with E-state index in [9.17, 15) is 9.13 Å². The van der Waals surface area contributed by atoms with Gasteiger partial charge in [-0.15, -0.1) is 0 Å². The molecule has 1 aromatic carbocycles. The maximum atomic E-state index is 9.63. The Balaban J connectivity index is 0.000000547. The van der Waals surface area contributed by atoms with Crippen LogP contribution in [0.2, 0.25) is 0 Å². The van der Waals surface area contributed by atoms with Gasteiger partial charge in [0.25, 0.3) is 0 Å². The van der Waals surface area contributed by atoms with E-state index < -0.39 is 15.6 Å². The molecule has 4 N–H and O–H groups in total. The number of benzene rings is 1. The molecular formula is C15H26O8P2. The van der Waals surface area contributed by atoms with Crippen molar-refractivity contribution >= 4 is 15.6 Å². The SMILES string of the molecule is C/C=C(\C)CCCCOCc1ccccc1.O=P(O)(O)OP(=O)(O)O. The third-order valence-electron chi connectivity index (χ3n) is 2.93. The van der Waals surface area contributed by atoms with E-state index in [4.69, 9.17) is 24.3 Å². The Morgan fingerprint density at radius 1 is 1.04 bits per heavy atom. The van der Waals surface area contributed by atoms with Crippen molar-refractivity contribution in [1.29, 1.82) is 0 Å². The lowest BCUT2D eigenvalue weighted by Gasteiger charge is -2.04. The molecule has 25 heavy (non-hydrogen) atoms. The predicted molar refractivity (Wildman–Crippen MR) is 94.6 cm³/mol. The maximum Gasteiger partial charge on any atom is 0.478 e. The van der Waals surface area contributed by atoms with Crippen molar-refractivity contribution in [3.05, 3.63) is 47.5 Å². The molecule has 0 saturated carbocycles. The summed E-state index contributed by atoms with van der Waals surface area (Å²) in [6.07, 6.45) is 5.76. The lowest BCUT2D eigenvalue weighted by Crippen LogP contribution is -1.95. The molecular weight excluding hydrogens is 370 g/mol. The number of unbranched alkanes of at least 4 members (excludes halogenated alkanes) is 1. The fraction of sp³-hybridized carbons (Fsp3) is 0.467. The van der Waals surface area contributed by atoms with E-state index in [1.807, 2.05) is 18.2 Å². The molecule has 8 nitrogen and oxygen atoms in total. The molecule has 0 bridgehead atoms. The van der Waals surface area contributed by atoms with E-state index in [2.05, 4.69) is 36.4 Å². The first kappa shape index (κ1) is 24.2. The second kappa shape index (κ2) is 12.5. The maximum absolute atomic E-state index is 9.63. The summed E-state index contributed by atoms with van der Waals surface area (Å²) in [5.74, 6) is 0. The van der Waals surface area contributed by atoms with Crippen LogP contribution >= 0.6 is 15.6 Å². The van der Waals surface area contributed by atoms with Gasteiger partial charge in [-0.1, -0.05) is 42.0 Å². The van der Waals surface area contributed by atoms with Gasteiger partial charge in [0, 0.05) is 6.61 Å². The zero-order chi connectivity index (χ0) is 19.3. The Hall–Kier alpha value is -0.820.